The second kappa shape index (κ2) is 5.24. The molecular formula is C8H16N4O2S. The van der Waals surface area contributed by atoms with Crippen molar-refractivity contribution in [3.63, 3.8) is 0 Å². The summed E-state index contributed by atoms with van der Waals surface area (Å²) < 4.78 is 27.1. The molecule has 2 N–H and O–H groups in total. The number of rotatable bonds is 6. The third-order valence-corrected chi connectivity index (χ3v) is 3.35. The average Bonchev–Trinajstić information content (AvgIpc) is 2.63. The summed E-state index contributed by atoms with van der Waals surface area (Å²) in [7, 11) is -1.54. The number of nitrogens with one attached hydrogen (secondary N) is 2. The second-order valence-corrected chi connectivity index (χ2v) is 4.81. The molecule has 0 aromatic carbocycles. The molecule has 0 saturated carbocycles. The SMILES string of the molecule is CCNS(=O)(=O)c1cnn(CCNC)c1. The van der Waals surface area contributed by atoms with E-state index >= 15 is 0 Å². The number of hydrogen-bond acceptors (Lipinski definition) is 4. The maximum absolute atomic E-state index is 11.5. The maximum atomic E-state index is 11.5. The molecule has 1 aromatic heterocycles. The van der Waals surface area contributed by atoms with Gasteiger partial charge in [-0.2, -0.15) is 5.10 Å². The molecule has 1 aromatic rings. The zero-order chi connectivity index (χ0) is 11.3. The Morgan fingerprint density at radius 3 is 2.87 bits per heavy atom. The van der Waals surface area contributed by atoms with Crippen LogP contribution in [0.3, 0.4) is 0 Å². The zero-order valence-electron chi connectivity index (χ0n) is 8.90. The van der Waals surface area contributed by atoms with E-state index in [2.05, 4.69) is 15.1 Å². The molecule has 0 aliphatic heterocycles. The lowest BCUT2D eigenvalue weighted by molar-refractivity contribution is 0.577. The highest BCUT2D eigenvalue weighted by atomic mass is 32.2. The van der Waals surface area contributed by atoms with Gasteiger partial charge in [-0.15, -0.1) is 0 Å². The number of aromatic nitrogens is 2. The first-order chi connectivity index (χ1) is 7.10. The summed E-state index contributed by atoms with van der Waals surface area (Å²) in [4.78, 5) is 0.209. The Labute approximate surface area is 89.7 Å². The Morgan fingerprint density at radius 2 is 2.27 bits per heavy atom. The highest BCUT2D eigenvalue weighted by Gasteiger charge is 2.14. The minimum Gasteiger partial charge on any atom is -0.318 e. The molecule has 0 bridgehead atoms. The van der Waals surface area contributed by atoms with Crippen LogP contribution in [0.4, 0.5) is 0 Å². The van der Waals surface area contributed by atoms with Gasteiger partial charge in [-0.25, -0.2) is 13.1 Å². The van der Waals surface area contributed by atoms with Gasteiger partial charge in [0.2, 0.25) is 10.0 Å². The van der Waals surface area contributed by atoms with Gasteiger partial charge in [-0.05, 0) is 7.05 Å². The van der Waals surface area contributed by atoms with E-state index in [0.29, 0.717) is 13.1 Å². The van der Waals surface area contributed by atoms with Crippen LogP contribution in [0.2, 0.25) is 0 Å². The van der Waals surface area contributed by atoms with Crippen molar-refractivity contribution in [1.29, 1.82) is 0 Å². The van der Waals surface area contributed by atoms with Gasteiger partial charge >= 0.3 is 0 Å². The molecule has 0 spiro atoms. The topological polar surface area (TPSA) is 76.0 Å². The van der Waals surface area contributed by atoms with Crippen LogP contribution in [0.25, 0.3) is 0 Å². The molecule has 0 amide bonds. The predicted octanol–water partition coefficient (Wildman–Crippen LogP) is -0.599. The predicted molar refractivity (Wildman–Crippen MR) is 57.0 cm³/mol. The average molecular weight is 232 g/mol. The van der Waals surface area contributed by atoms with Crippen molar-refractivity contribution in [1.82, 2.24) is 19.8 Å². The van der Waals surface area contributed by atoms with Gasteiger partial charge in [0, 0.05) is 19.3 Å². The summed E-state index contributed by atoms with van der Waals surface area (Å²) in [6.45, 7) is 3.52. The molecule has 86 valence electrons. The summed E-state index contributed by atoms with van der Waals surface area (Å²) in [6, 6.07) is 0. The summed E-state index contributed by atoms with van der Waals surface area (Å²) in [5, 5.41) is 6.92. The Bertz CT molecular complexity index is 399. The van der Waals surface area contributed by atoms with E-state index in [4.69, 9.17) is 0 Å². The lowest BCUT2D eigenvalue weighted by Gasteiger charge is -2.00. The van der Waals surface area contributed by atoms with Crippen LogP contribution in [0, 0.1) is 0 Å². The van der Waals surface area contributed by atoms with E-state index in [-0.39, 0.29) is 4.90 Å². The molecule has 0 aliphatic rings. The molecule has 0 saturated heterocycles. The van der Waals surface area contributed by atoms with E-state index in [1.165, 1.54) is 12.4 Å². The summed E-state index contributed by atoms with van der Waals surface area (Å²) in [6.07, 6.45) is 2.88. The van der Waals surface area contributed by atoms with Crippen LogP contribution in [0.1, 0.15) is 6.92 Å². The lowest BCUT2D eigenvalue weighted by Crippen LogP contribution is -2.22. The standard InChI is InChI=1S/C8H16N4O2S/c1-3-11-15(13,14)8-6-10-12(7-8)5-4-9-2/h6-7,9,11H,3-5H2,1-2H3. The van der Waals surface area contributed by atoms with Crippen molar-refractivity contribution in [2.24, 2.45) is 0 Å². The van der Waals surface area contributed by atoms with E-state index in [0.717, 1.165) is 6.54 Å². The van der Waals surface area contributed by atoms with Gasteiger partial charge in [-0.1, -0.05) is 6.92 Å². The fourth-order valence-corrected chi connectivity index (χ4v) is 2.10. The number of hydrogen-bond donors (Lipinski definition) is 2. The molecule has 0 atom stereocenters. The van der Waals surface area contributed by atoms with Crippen molar-refractivity contribution in [3.05, 3.63) is 12.4 Å². The lowest BCUT2D eigenvalue weighted by atomic mass is 10.6. The van der Waals surface area contributed by atoms with Crippen molar-refractivity contribution in [3.8, 4) is 0 Å². The first-order valence-electron chi connectivity index (χ1n) is 4.77. The Kier molecular flexibility index (Phi) is 4.25. The van der Waals surface area contributed by atoms with Gasteiger partial charge in [0.15, 0.2) is 0 Å². The van der Waals surface area contributed by atoms with Crippen molar-refractivity contribution >= 4 is 10.0 Å². The molecule has 15 heavy (non-hydrogen) atoms. The van der Waals surface area contributed by atoms with Gasteiger partial charge in [-0.3, -0.25) is 4.68 Å². The van der Waals surface area contributed by atoms with Crippen LogP contribution in [0.5, 0.6) is 0 Å². The maximum Gasteiger partial charge on any atom is 0.243 e. The van der Waals surface area contributed by atoms with Gasteiger partial charge in [0.1, 0.15) is 4.90 Å². The molecule has 0 fully saturated rings. The monoisotopic (exact) mass is 232 g/mol. The normalized spacial score (nSPS) is 11.9. The first kappa shape index (κ1) is 12.2. The molecule has 0 radical (unpaired) electrons. The fraction of sp³-hybridized carbons (Fsp3) is 0.625. The van der Waals surface area contributed by atoms with Gasteiger partial charge in [0.05, 0.1) is 12.7 Å². The summed E-state index contributed by atoms with van der Waals surface area (Å²) in [5.74, 6) is 0. The summed E-state index contributed by atoms with van der Waals surface area (Å²) >= 11 is 0. The van der Waals surface area contributed by atoms with Gasteiger partial charge < -0.3 is 5.32 Å². The van der Waals surface area contributed by atoms with Crippen molar-refractivity contribution < 1.29 is 8.42 Å². The molecule has 6 nitrogen and oxygen atoms in total. The molecule has 1 rings (SSSR count). The fourth-order valence-electron chi connectivity index (χ4n) is 1.11. The summed E-state index contributed by atoms with van der Waals surface area (Å²) in [5.41, 5.74) is 0. The van der Waals surface area contributed by atoms with Gasteiger partial charge in [0.25, 0.3) is 0 Å². The third-order valence-electron chi connectivity index (χ3n) is 1.85. The quantitative estimate of drug-likeness (QED) is 0.687. The highest BCUT2D eigenvalue weighted by Crippen LogP contribution is 2.05. The van der Waals surface area contributed by atoms with E-state index in [1.807, 2.05) is 7.05 Å². The van der Waals surface area contributed by atoms with Crippen LogP contribution >= 0.6 is 0 Å². The minimum atomic E-state index is -3.37. The van der Waals surface area contributed by atoms with Crippen LogP contribution in [-0.2, 0) is 16.6 Å². The molecule has 1 heterocycles. The molecule has 0 unspecified atom stereocenters. The Morgan fingerprint density at radius 1 is 1.53 bits per heavy atom. The molecule has 0 aliphatic carbocycles. The zero-order valence-corrected chi connectivity index (χ0v) is 9.71. The number of sulfonamides is 1. The van der Waals surface area contributed by atoms with Crippen LogP contribution in [0.15, 0.2) is 17.3 Å². The third kappa shape index (κ3) is 3.29. The second-order valence-electron chi connectivity index (χ2n) is 3.04. The van der Waals surface area contributed by atoms with E-state index < -0.39 is 10.0 Å². The number of nitrogens with zero attached hydrogens (tertiary/aromatic N) is 2. The molecule has 7 heteroatoms. The Hall–Kier alpha value is -0.920. The first-order valence-corrected chi connectivity index (χ1v) is 6.25. The highest BCUT2D eigenvalue weighted by molar-refractivity contribution is 7.89. The van der Waals surface area contributed by atoms with Crippen molar-refractivity contribution in [2.45, 2.75) is 18.4 Å². The minimum absolute atomic E-state index is 0.209. The number of likely N-dealkylation sites (N-methyl/N-ethyl adjacent to an activating group) is 1. The van der Waals surface area contributed by atoms with Crippen LogP contribution < -0.4 is 10.0 Å². The van der Waals surface area contributed by atoms with E-state index in [9.17, 15) is 8.42 Å². The largest absolute Gasteiger partial charge is 0.318 e. The van der Waals surface area contributed by atoms with E-state index in [1.54, 1.807) is 11.6 Å². The Balaban J connectivity index is 2.75. The smallest absolute Gasteiger partial charge is 0.243 e. The van der Waals surface area contributed by atoms with Crippen molar-refractivity contribution in [2.75, 3.05) is 20.1 Å². The van der Waals surface area contributed by atoms with Crippen LogP contribution in [-0.4, -0.2) is 38.3 Å². The molecular weight excluding hydrogens is 216 g/mol.